The van der Waals surface area contributed by atoms with Gasteiger partial charge in [-0.3, -0.25) is 0 Å². The molecule has 0 aliphatic rings. The fraction of sp³-hybridized carbons (Fsp3) is 0.727. The first-order valence-corrected chi connectivity index (χ1v) is 14.9. The summed E-state index contributed by atoms with van der Waals surface area (Å²) in [5.74, 6) is 0. The maximum absolute atomic E-state index is 6.14. The van der Waals surface area contributed by atoms with Gasteiger partial charge in [0.15, 0.2) is 0 Å². The van der Waals surface area contributed by atoms with Gasteiger partial charge in [0.05, 0.1) is 11.1 Å². The van der Waals surface area contributed by atoms with Gasteiger partial charge in [0.25, 0.3) is 0 Å². The highest BCUT2D eigenvalue weighted by atomic mass is 28.4. The van der Waals surface area contributed by atoms with Gasteiger partial charge in [-0.1, -0.05) is 38.1 Å². The zero-order valence-electron chi connectivity index (χ0n) is 20.2. The minimum atomic E-state index is -2.87. The lowest BCUT2D eigenvalue weighted by atomic mass is 10.1. The Hall–Kier alpha value is -0.586. The lowest BCUT2D eigenvalue weighted by Gasteiger charge is -2.35. The highest BCUT2D eigenvalue weighted by Gasteiger charge is 2.49. The molecule has 0 aliphatic heterocycles. The molecule has 2 unspecified atom stereocenters. The molecule has 0 amide bonds. The Morgan fingerprint density at radius 1 is 0.567 bits per heavy atom. The molecule has 30 heavy (non-hydrogen) atoms. The fourth-order valence-corrected chi connectivity index (χ4v) is 9.30. The van der Waals surface area contributed by atoms with Crippen molar-refractivity contribution in [1.29, 1.82) is 0 Å². The third-order valence-corrected chi connectivity index (χ3v) is 12.0. The van der Waals surface area contributed by atoms with Crippen molar-refractivity contribution >= 4 is 17.6 Å². The molecule has 0 radical (unpaired) electrons. The Labute approximate surface area is 185 Å². The van der Waals surface area contributed by atoms with Gasteiger partial charge in [0.1, 0.15) is 0 Å². The Bertz CT molecular complexity index is 519. The first-order valence-electron chi connectivity index (χ1n) is 11.3. The van der Waals surface area contributed by atoms with Crippen molar-refractivity contribution in [3.63, 3.8) is 0 Å². The van der Waals surface area contributed by atoms with Crippen LogP contribution in [-0.2, 0) is 26.6 Å². The van der Waals surface area contributed by atoms with Crippen LogP contribution in [-0.4, -0.2) is 57.3 Å². The molecule has 6 nitrogen and oxygen atoms in total. The van der Waals surface area contributed by atoms with Gasteiger partial charge in [-0.15, -0.1) is 0 Å². The summed E-state index contributed by atoms with van der Waals surface area (Å²) in [7, 11) is -5.74. The third-order valence-electron chi connectivity index (χ3n) is 5.04. The smallest absolute Gasteiger partial charge is 0.373 e. The molecule has 0 aromatic heterocycles. The van der Waals surface area contributed by atoms with E-state index in [1.165, 1.54) is 0 Å². The Morgan fingerprint density at radius 2 is 0.833 bits per heavy atom. The van der Waals surface area contributed by atoms with Gasteiger partial charge in [-0.2, -0.15) is 0 Å². The normalized spacial score (nSPS) is 14.7. The summed E-state index contributed by atoms with van der Waals surface area (Å²) < 4.78 is 36.8. The number of hydrogen-bond donors (Lipinski definition) is 0. The lowest BCUT2D eigenvalue weighted by Crippen LogP contribution is -2.51. The molecule has 1 aromatic carbocycles. The molecule has 0 bridgehead atoms. The van der Waals surface area contributed by atoms with Crippen molar-refractivity contribution in [2.24, 2.45) is 0 Å². The molecule has 2 atom stereocenters. The van der Waals surface area contributed by atoms with E-state index in [4.69, 9.17) is 26.6 Å². The van der Waals surface area contributed by atoms with Crippen molar-refractivity contribution in [1.82, 2.24) is 0 Å². The van der Waals surface area contributed by atoms with Gasteiger partial charge in [-0.25, -0.2) is 0 Å². The Morgan fingerprint density at radius 3 is 1.07 bits per heavy atom. The van der Waals surface area contributed by atoms with Crippen LogP contribution in [0.4, 0.5) is 0 Å². The van der Waals surface area contributed by atoms with Crippen LogP contribution < -0.4 is 0 Å². The van der Waals surface area contributed by atoms with Gasteiger partial charge < -0.3 is 26.6 Å². The monoisotopic (exact) mass is 458 g/mol. The van der Waals surface area contributed by atoms with Crippen LogP contribution in [0.3, 0.4) is 0 Å². The standard InChI is InChI=1S/C22H42O6Si2/c1-9-23-29(24-10-2,25-11-3)19(7)21-16-15-17-22(18-21)20(8)30(26-12-4,27-13-5)28-14-6/h15-20H,9-14H2,1-8H3. The van der Waals surface area contributed by atoms with E-state index in [0.717, 1.165) is 11.1 Å². The van der Waals surface area contributed by atoms with Gasteiger partial charge >= 0.3 is 17.6 Å². The van der Waals surface area contributed by atoms with Crippen molar-refractivity contribution in [2.45, 2.75) is 66.5 Å². The molecule has 0 aliphatic carbocycles. The molecule has 0 fully saturated rings. The SMILES string of the molecule is CCO[Si](OCC)(OCC)C(C)c1cccc(C(C)[Si](OCC)(OCC)OCC)c1. The third kappa shape index (κ3) is 6.70. The highest BCUT2D eigenvalue weighted by Crippen LogP contribution is 2.34. The van der Waals surface area contributed by atoms with E-state index in [2.05, 4.69) is 38.1 Å². The average Bonchev–Trinajstić information content (AvgIpc) is 2.73. The molecule has 0 saturated heterocycles. The van der Waals surface area contributed by atoms with Crippen LogP contribution in [0, 0.1) is 0 Å². The van der Waals surface area contributed by atoms with E-state index in [1.54, 1.807) is 0 Å². The van der Waals surface area contributed by atoms with E-state index in [-0.39, 0.29) is 11.1 Å². The van der Waals surface area contributed by atoms with Crippen LogP contribution >= 0.6 is 0 Å². The van der Waals surface area contributed by atoms with Gasteiger partial charge in [0, 0.05) is 39.6 Å². The second-order valence-corrected chi connectivity index (χ2v) is 12.8. The molecule has 0 spiro atoms. The van der Waals surface area contributed by atoms with Gasteiger partial charge in [-0.05, 0) is 52.7 Å². The highest BCUT2D eigenvalue weighted by molar-refractivity contribution is 6.63. The minimum absolute atomic E-state index is 0.00634. The first kappa shape index (κ1) is 27.4. The Balaban J connectivity index is 3.34. The Kier molecular flexibility index (Phi) is 12.6. The molecular weight excluding hydrogens is 416 g/mol. The number of hydrogen-bond acceptors (Lipinski definition) is 6. The second-order valence-electron chi connectivity index (χ2n) is 6.92. The largest absolute Gasteiger partial charge is 0.508 e. The molecular formula is C22H42O6Si2. The predicted molar refractivity (Wildman–Crippen MR) is 125 cm³/mol. The van der Waals surface area contributed by atoms with E-state index in [9.17, 15) is 0 Å². The van der Waals surface area contributed by atoms with Gasteiger partial charge in [0.2, 0.25) is 0 Å². The summed E-state index contributed by atoms with van der Waals surface area (Å²) in [6.07, 6.45) is 0. The van der Waals surface area contributed by atoms with Crippen molar-refractivity contribution in [2.75, 3.05) is 39.6 Å². The summed E-state index contributed by atoms with van der Waals surface area (Å²) in [6, 6.07) is 8.51. The van der Waals surface area contributed by atoms with Crippen molar-refractivity contribution < 1.29 is 26.6 Å². The fourth-order valence-electron chi connectivity index (χ4n) is 3.71. The summed E-state index contributed by atoms with van der Waals surface area (Å²) in [6.45, 7) is 19.5. The topological polar surface area (TPSA) is 55.4 Å². The van der Waals surface area contributed by atoms with E-state index < -0.39 is 17.6 Å². The predicted octanol–water partition coefficient (Wildman–Crippen LogP) is 5.07. The quantitative estimate of drug-likeness (QED) is 0.322. The first-order chi connectivity index (χ1) is 14.4. The molecule has 8 heteroatoms. The minimum Gasteiger partial charge on any atom is -0.373 e. The summed E-state index contributed by atoms with van der Waals surface area (Å²) in [5.41, 5.74) is 2.28. The second kappa shape index (κ2) is 13.7. The summed E-state index contributed by atoms with van der Waals surface area (Å²) in [4.78, 5) is 0. The van der Waals surface area contributed by atoms with Crippen molar-refractivity contribution in [3.8, 4) is 0 Å². The zero-order valence-corrected chi connectivity index (χ0v) is 22.2. The molecule has 1 rings (SSSR count). The number of benzene rings is 1. The molecule has 174 valence electrons. The lowest BCUT2D eigenvalue weighted by molar-refractivity contribution is 0.0632. The molecule has 0 saturated carbocycles. The maximum Gasteiger partial charge on any atom is 0.508 e. The summed E-state index contributed by atoms with van der Waals surface area (Å²) in [5, 5.41) is 0. The maximum atomic E-state index is 6.14. The van der Waals surface area contributed by atoms with Crippen LogP contribution in [0.15, 0.2) is 24.3 Å². The zero-order chi connectivity index (χ0) is 22.6. The molecule has 0 N–H and O–H groups in total. The molecule has 0 heterocycles. The number of rotatable bonds is 16. The van der Waals surface area contributed by atoms with Crippen molar-refractivity contribution in [3.05, 3.63) is 35.4 Å². The van der Waals surface area contributed by atoms with Crippen LogP contribution in [0.5, 0.6) is 0 Å². The van der Waals surface area contributed by atoms with Crippen LogP contribution in [0.25, 0.3) is 0 Å². The summed E-state index contributed by atoms with van der Waals surface area (Å²) >= 11 is 0. The molecule has 1 aromatic rings. The van der Waals surface area contributed by atoms with Crippen LogP contribution in [0.2, 0.25) is 0 Å². The average molecular weight is 459 g/mol. The van der Waals surface area contributed by atoms with E-state index in [1.807, 2.05) is 41.5 Å². The van der Waals surface area contributed by atoms with E-state index in [0.29, 0.717) is 39.6 Å². The van der Waals surface area contributed by atoms with Crippen LogP contribution in [0.1, 0.15) is 77.6 Å². The van der Waals surface area contributed by atoms with E-state index >= 15 is 0 Å².